The van der Waals surface area contributed by atoms with Crippen molar-refractivity contribution in [2.75, 3.05) is 0 Å². The van der Waals surface area contributed by atoms with E-state index in [-0.39, 0.29) is 16.6 Å². The molecule has 0 saturated heterocycles. The molecule has 0 saturated carbocycles. The predicted octanol–water partition coefficient (Wildman–Crippen LogP) is 1.73. The van der Waals surface area contributed by atoms with Crippen molar-refractivity contribution in [1.29, 1.82) is 0 Å². The first-order valence-electron chi connectivity index (χ1n) is 2.54. The third-order valence-electron chi connectivity index (χ3n) is 0.970. The van der Waals surface area contributed by atoms with Gasteiger partial charge in [0.25, 0.3) is 0 Å². The minimum atomic E-state index is -3.96. The summed E-state index contributed by atoms with van der Waals surface area (Å²) in [7, 11) is -3.96. The molecule has 0 fully saturated rings. The number of halogens is 1. The Balaban J connectivity index is 0.000001000. The molecule has 1 aromatic heterocycles. The lowest BCUT2D eigenvalue weighted by atomic mass is 10.5. The van der Waals surface area contributed by atoms with Gasteiger partial charge in [-0.05, 0) is 19.1 Å². The second kappa shape index (κ2) is 3.53. The Bertz CT molecular complexity index is 327. The monoisotopic (exact) mass is 214 g/mol. The lowest BCUT2D eigenvalue weighted by molar-refractivity contribution is 0.485. The molecule has 0 unspecified atom stereocenters. The van der Waals surface area contributed by atoms with E-state index in [0.29, 0.717) is 0 Å². The van der Waals surface area contributed by atoms with Gasteiger partial charge < -0.3 is 0 Å². The number of hydrogen-bond acceptors (Lipinski definition) is 3. The van der Waals surface area contributed by atoms with Crippen molar-refractivity contribution in [2.45, 2.75) is 11.1 Å². The Labute approximate surface area is 75.2 Å². The maximum Gasteiger partial charge on any atom is 0.304 e. The molecule has 0 aliphatic heterocycles. The quantitative estimate of drug-likeness (QED) is 0.725. The van der Waals surface area contributed by atoms with Gasteiger partial charge in [0.05, 0.1) is 0 Å². The maximum atomic E-state index is 10.4. The molecule has 0 bridgehead atoms. The fraction of sp³-hybridized carbons (Fsp3) is 0.200. The largest absolute Gasteiger partial charge is 0.304 e. The van der Waals surface area contributed by atoms with Crippen LogP contribution < -0.4 is 0 Å². The molecule has 0 amide bonds. The first kappa shape index (κ1) is 10.9. The SMILES string of the molecule is Cc1ccc(S(=O)(=O)O)s1.Cl. The summed E-state index contributed by atoms with van der Waals surface area (Å²) in [5, 5.41) is 0. The van der Waals surface area contributed by atoms with Gasteiger partial charge in [0, 0.05) is 4.88 Å². The van der Waals surface area contributed by atoms with Crippen LogP contribution in [-0.4, -0.2) is 13.0 Å². The summed E-state index contributed by atoms with van der Waals surface area (Å²) in [6, 6.07) is 3.03. The number of rotatable bonds is 1. The molecule has 64 valence electrons. The van der Waals surface area contributed by atoms with Crippen molar-refractivity contribution in [3.8, 4) is 0 Å². The fourth-order valence-corrected chi connectivity index (χ4v) is 2.20. The van der Waals surface area contributed by atoms with Crippen molar-refractivity contribution >= 4 is 33.9 Å². The summed E-state index contributed by atoms with van der Waals surface area (Å²) in [4.78, 5) is 0.868. The van der Waals surface area contributed by atoms with Gasteiger partial charge in [-0.3, -0.25) is 4.55 Å². The van der Waals surface area contributed by atoms with Crippen LogP contribution in [0.5, 0.6) is 0 Å². The molecule has 11 heavy (non-hydrogen) atoms. The molecule has 0 aromatic carbocycles. The van der Waals surface area contributed by atoms with Crippen LogP contribution in [0, 0.1) is 6.92 Å². The standard InChI is InChI=1S/C5H6O3S2.ClH/c1-4-2-3-5(9-4)10(6,7)8;/h2-3H,1H3,(H,6,7,8);1H. The molecule has 0 spiro atoms. The Morgan fingerprint density at radius 2 is 2.00 bits per heavy atom. The van der Waals surface area contributed by atoms with E-state index < -0.39 is 10.1 Å². The summed E-state index contributed by atoms with van der Waals surface area (Å²) in [6.45, 7) is 1.78. The van der Waals surface area contributed by atoms with E-state index in [1.807, 2.05) is 0 Å². The van der Waals surface area contributed by atoms with E-state index in [1.54, 1.807) is 13.0 Å². The van der Waals surface area contributed by atoms with Gasteiger partial charge in [0.1, 0.15) is 4.21 Å². The Kier molecular flexibility index (Phi) is 3.50. The van der Waals surface area contributed by atoms with E-state index in [9.17, 15) is 8.42 Å². The van der Waals surface area contributed by atoms with Crippen molar-refractivity contribution < 1.29 is 13.0 Å². The van der Waals surface area contributed by atoms with E-state index in [2.05, 4.69) is 0 Å². The zero-order valence-corrected chi connectivity index (χ0v) is 8.09. The predicted molar refractivity (Wildman–Crippen MR) is 46.1 cm³/mol. The van der Waals surface area contributed by atoms with Crippen molar-refractivity contribution in [2.24, 2.45) is 0 Å². The summed E-state index contributed by atoms with van der Waals surface area (Å²) in [6.07, 6.45) is 0. The van der Waals surface area contributed by atoms with E-state index >= 15 is 0 Å². The average molecular weight is 215 g/mol. The van der Waals surface area contributed by atoms with Gasteiger partial charge in [-0.1, -0.05) is 0 Å². The Hall–Kier alpha value is -0.100. The van der Waals surface area contributed by atoms with E-state index in [1.165, 1.54) is 6.07 Å². The second-order valence-electron chi connectivity index (χ2n) is 1.84. The smallest absolute Gasteiger partial charge is 0.281 e. The Morgan fingerprint density at radius 3 is 2.18 bits per heavy atom. The highest BCUT2D eigenvalue weighted by molar-refractivity contribution is 7.88. The lowest BCUT2D eigenvalue weighted by Gasteiger charge is -1.85. The van der Waals surface area contributed by atoms with Gasteiger partial charge in [-0.25, -0.2) is 0 Å². The molecule has 6 heteroatoms. The van der Waals surface area contributed by atoms with Gasteiger partial charge in [0.15, 0.2) is 0 Å². The Morgan fingerprint density at radius 1 is 1.45 bits per heavy atom. The van der Waals surface area contributed by atoms with Crippen LogP contribution in [0.15, 0.2) is 16.3 Å². The fourth-order valence-electron chi connectivity index (χ4n) is 0.551. The maximum absolute atomic E-state index is 10.4. The highest BCUT2D eigenvalue weighted by atomic mass is 35.5. The number of hydrogen-bond donors (Lipinski definition) is 1. The molecular formula is C5H7ClO3S2. The molecule has 1 N–H and O–H groups in total. The van der Waals surface area contributed by atoms with Crippen molar-refractivity contribution in [3.05, 3.63) is 17.0 Å². The van der Waals surface area contributed by atoms with E-state index in [0.717, 1.165) is 16.2 Å². The third kappa shape index (κ3) is 2.78. The van der Waals surface area contributed by atoms with Crippen LogP contribution in [0.25, 0.3) is 0 Å². The van der Waals surface area contributed by atoms with Gasteiger partial charge >= 0.3 is 10.1 Å². The molecule has 0 radical (unpaired) electrons. The number of aryl methyl sites for hydroxylation is 1. The molecular weight excluding hydrogens is 208 g/mol. The van der Waals surface area contributed by atoms with Crippen LogP contribution in [0.3, 0.4) is 0 Å². The highest BCUT2D eigenvalue weighted by Crippen LogP contribution is 2.19. The molecule has 1 aromatic rings. The summed E-state index contributed by atoms with van der Waals surface area (Å²) in [5.74, 6) is 0. The third-order valence-corrected chi connectivity index (χ3v) is 3.29. The van der Waals surface area contributed by atoms with E-state index in [4.69, 9.17) is 4.55 Å². The van der Waals surface area contributed by atoms with Gasteiger partial charge in [0.2, 0.25) is 0 Å². The average Bonchev–Trinajstić information content (AvgIpc) is 2.11. The normalized spacial score (nSPS) is 10.7. The molecule has 1 rings (SSSR count). The number of thiophene rings is 1. The van der Waals surface area contributed by atoms with Crippen molar-refractivity contribution in [1.82, 2.24) is 0 Å². The zero-order chi connectivity index (χ0) is 7.78. The van der Waals surface area contributed by atoms with Crippen LogP contribution in [0.1, 0.15) is 4.88 Å². The van der Waals surface area contributed by atoms with Crippen LogP contribution in [0.4, 0.5) is 0 Å². The molecule has 3 nitrogen and oxygen atoms in total. The van der Waals surface area contributed by atoms with Crippen LogP contribution >= 0.6 is 23.7 Å². The minimum Gasteiger partial charge on any atom is -0.281 e. The van der Waals surface area contributed by atoms with Gasteiger partial charge in [-0.2, -0.15) is 8.42 Å². The summed E-state index contributed by atoms with van der Waals surface area (Å²) < 4.78 is 29.3. The molecule has 0 aliphatic rings. The lowest BCUT2D eigenvalue weighted by Crippen LogP contribution is -1.92. The summed E-state index contributed by atoms with van der Waals surface area (Å²) >= 11 is 1.06. The zero-order valence-electron chi connectivity index (χ0n) is 5.64. The van der Waals surface area contributed by atoms with Gasteiger partial charge in [-0.15, -0.1) is 23.7 Å². The molecule has 0 aliphatic carbocycles. The first-order valence-corrected chi connectivity index (χ1v) is 4.80. The molecule has 0 atom stereocenters. The summed E-state index contributed by atoms with van der Waals surface area (Å²) in [5.41, 5.74) is 0. The second-order valence-corrected chi connectivity index (χ2v) is 4.78. The van der Waals surface area contributed by atoms with Crippen LogP contribution in [0.2, 0.25) is 0 Å². The topological polar surface area (TPSA) is 54.4 Å². The minimum absolute atomic E-state index is 0. The van der Waals surface area contributed by atoms with Crippen LogP contribution in [-0.2, 0) is 10.1 Å². The highest BCUT2D eigenvalue weighted by Gasteiger charge is 2.10. The first-order chi connectivity index (χ1) is 4.50. The molecule has 1 heterocycles. The van der Waals surface area contributed by atoms with Crippen molar-refractivity contribution in [3.63, 3.8) is 0 Å².